The van der Waals surface area contributed by atoms with Gasteiger partial charge in [0.1, 0.15) is 19.3 Å². The van der Waals surface area contributed by atoms with Gasteiger partial charge in [0.05, 0.1) is 6.42 Å². The Labute approximate surface area is 166 Å². The third-order valence-corrected chi connectivity index (χ3v) is 4.44. The maximum Gasteiger partial charge on any atom is 0.327 e. The standard InChI is InChI=1S/C19H19N5O5/c1-10-7-11(2)21-18(20-10)23-19-22-16(25)9-13(17(26)27)24(19)12-3-4-14-15(8-12)29-6-5-28-14/h3-4,7-8,13H,5-6,9H2,1-2H3,(H,26,27)(H,20,21,22,23,25). The second kappa shape index (κ2) is 7.38. The summed E-state index contributed by atoms with van der Waals surface area (Å²) in [5.74, 6) is -0.361. The number of ether oxygens (including phenoxy) is 2. The van der Waals surface area contributed by atoms with Crippen LogP contribution >= 0.6 is 0 Å². The van der Waals surface area contributed by atoms with Crippen molar-refractivity contribution in [2.45, 2.75) is 26.3 Å². The molecule has 1 saturated heterocycles. The summed E-state index contributed by atoms with van der Waals surface area (Å²) in [5, 5.41) is 12.4. The molecule has 1 atom stereocenters. The van der Waals surface area contributed by atoms with Crippen LogP contribution in [0, 0.1) is 13.8 Å². The molecule has 2 aliphatic rings. The van der Waals surface area contributed by atoms with Crippen LogP contribution in [0.2, 0.25) is 0 Å². The lowest BCUT2D eigenvalue weighted by Crippen LogP contribution is -2.58. The van der Waals surface area contributed by atoms with Gasteiger partial charge in [-0.2, -0.15) is 4.99 Å². The summed E-state index contributed by atoms with van der Waals surface area (Å²) in [6.07, 6.45) is -0.226. The maximum atomic E-state index is 12.2. The molecule has 2 aliphatic heterocycles. The van der Waals surface area contributed by atoms with Gasteiger partial charge in [-0.05, 0) is 32.0 Å². The maximum absolute atomic E-state index is 12.2. The molecule has 4 rings (SSSR count). The molecule has 2 aromatic rings. The Kier molecular flexibility index (Phi) is 4.75. The van der Waals surface area contributed by atoms with Crippen molar-refractivity contribution < 1.29 is 24.2 Å². The molecule has 1 amide bonds. The predicted octanol–water partition coefficient (Wildman–Crippen LogP) is 1.33. The van der Waals surface area contributed by atoms with Crippen LogP contribution in [-0.2, 0) is 9.59 Å². The second-order valence-corrected chi connectivity index (χ2v) is 6.69. The summed E-state index contributed by atoms with van der Waals surface area (Å²) in [4.78, 5) is 38.4. The fraction of sp³-hybridized carbons (Fsp3) is 0.316. The number of aliphatic carboxylic acids is 1. The smallest absolute Gasteiger partial charge is 0.327 e. The number of benzene rings is 1. The number of carboxylic acid groups (broad SMARTS) is 1. The predicted molar refractivity (Wildman–Crippen MR) is 103 cm³/mol. The average molecular weight is 397 g/mol. The van der Waals surface area contributed by atoms with E-state index in [0.717, 1.165) is 0 Å². The van der Waals surface area contributed by atoms with Gasteiger partial charge in [-0.25, -0.2) is 14.8 Å². The van der Waals surface area contributed by atoms with Crippen LogP contribution in [0.3, 0.4) is 0 Å². The highest BCUT2D eigenvalue weighted by Gasteiger charge is 2.37. The number of nitrogens with zero attached hydrogens (tertiary/aromatic N) is 4. The SMILES string of the molecule is Cc1cc(C)nc(/N=C2\NC(=O)CC(C(=O)O)N2c2ccc3c(c2)OCCO3)n1. The minimum Gasteiger partial charge on any atom is -0.486 e. The third-order valence-electron chi connectivity index (χ3n) is 4.44. The molecule has 0 radical (unpaired) electrons. The third kappa shape index (κ3) is 3.82. The number of anilines is 1. The highest BCUT2D eigenvalue weighted by Crippen LogP contribution is 2.35. The summed E-state index contributed by atoms with van der Waals surface area (Å²) in [5.41, 5.74) is 1.91. The first kappa shape index (κ1) is 18.7. The Morgan fingerprint density at radius 2 is 1.86 bits per heavy atom. The van der Waals surface area contributed by atoms with Crippen LogP contribution in [0.25, 0.3) is 0 Å². The number of nitrogens with one attached hydrogen (secondary N) is 1. The number of aliphatic imine (C=N–C) groups is 1. The lowest BCUT2D eigenvalue weighted by atomic mass is 10.1. The van der Waals surface area contributed by atoms with Crippen LogP contribution in [0.4, 0.5) is 11.6 Å². The molecule has 10 heteroatoms. The zero-order chi connectivity index (χ0) is 20.5. The van der Waals surface area contributed by atoms with E-state index in [1.165, 1.54) is 4.90 Å². The van der Waals surface area contributed by atoms with E-state index in [4.69, 9.17) is 9.47 Å². The van der Waals surface area contributed by atoms with Gasteiger partial charge in [-0.15, -0.1) is 0 Å². The first-order valence-corrected chi connectivity index (χ1v) is 9.03. The lowest BCUT2D eigenvalue weighted by Gasteiger charge is -2.35. The highest BCUT2D eigenvalue weighted by atomic mass is 16.6. The van der Waals surface area contributed by atoms with Gasteiger partial charge in [0.2, 0.25) is 11.9 Å². The van der Waals surface area contributed by atoms with E-state index in [-0.39, 0.29) is 18.3 Å². The zero-order valence-electron chi connectivity index (χ0n) is 15.9. The number of carbonyl (C=O) groups is 2. The first-order valence-electron chi connectivity index (χ1n) is 9.03. The van der Waals surface area contributed by atoms with Gasteiger partial charge < -0.3 is 14.6 Å². The molecule has 29 heavy (non-hydrogen) atoms. The molecule has 1 aromatic carbocycles. The minimum absolute atomic E-state index is 0.0373. The fourth-order valence-electron chi connectivity index (χ4n) is 3.27. The second-order valence-electron chi connectivity index (χ2n) is 6.69. The Bertz CT molecular complexity index is 1000. The fourth-order valence-corrected chi connectivity index (χ4v) is 3.27. The quantitative estimate of drug-likeness (QED) is 0.794. The van der Waals surface area contributed by atoms with Crippen molar-refractivity contribution in [2.75, 3.05) is 18.1 Å². The lowest BCUT2D eigenvalue weighted by molar-refractivity contribution is -0.140. The largest absolute Gasteiger partial charge is 0.486 e. The molecule has 1 unspecified atom stereocenters. The van der Waals surface area contributed by atoms with Gasteiger partial charge in [-0.3, -0.25) is 15.0 Å². The monoisotopic (exact) mass is 397 g/mol. The van der Waals surface area contributed by atoms with E-state index in [9.17, 15) is 14.7 Å². The van der Waals surface area contributed by atoms with E-state index in [1.807, 2.05) is 0 Å². The molecule has 1 fully saturated rings. The van der Waals surface area contributed by atoms with E-state index >= 15 is 0 Å². The van der Waals surface area contributed by atoms with E-state index in [2.05, 4.69) is 20.3 Å². The van der Waals surface area contributed by atoms with Crippen molar-refractivity contribution in [1.29, 1.82) is 0 Å². The van der Waals surface area contributed by atoms with Gasteiger partial charge >= 0.3 is 5.97 Å². The Hall–Kier alpha value is -3.69. The normalized spacial score (nSPS) is 19.8. The molecule has 2 N–H and O–H groups in total. The van der Waals surface area contributed by atoms with Gasteiger partial charge in [-0.1, -0.05) is 0 Å². The van der Waals surface area contributed by atoms with Crippen molar-refractivity contribution >= 4 is 29.5 Å². The topological polar surface area (TPSA) is 126 Å². The van der Waals surface area contributed by atoms with E-state index in [1.54, 1.807) is 38.1 Å². The van der Waals surface area contributed by atoms with Crippen LogP contribution in [0.5, 0.6) is 11.5 Å². The highest BCUT2D eigenvalue weighted by molar-refractivity contribution is 6.13. The summed E-state index contributed by atoms with van der Waals surface area (Å²) in [6.45, 7) is 4.44. The molecule has 3 heterocycles. The molecule has 0 bridgehead atoms. The molecule has 0 aliphatic carbocycles. The number of hydrogen-bond acceptors (Lipinski definition) is 7. The number of hydrogen-bond donors (Lipinski definition) is 2. The zero-order valence-corrected chi connectivity index (χ0v) is 15.9. The minimum atomic E-state index is -1.15. The molecule has 0 spiro atoms. The van der Waals surface area contributed by atoms with Gasteiger partial charge in [0.25, 0.3) is 5.95 Å². The van der Waals surface area contributed by atoms with Crippen molar-refractivity contribution in [2.24, 2.45) is 4.99 Å². The number of aryl methyl sites for hydroxylation is 2. The van der Waals surface area contributed by atoms with E-state index < -0.39 is 17.9 Å². The summed E-state index contributed by atoms with van der Waals surface area (Å²) in [7, 11) is 0. The van der Waals surface area contributed by atoms with Gasteiger partial charge in [0, 0.05) is 23.1 Å². The molecular weight excluding hydrogens is 378 g/mol. The number of aromatic nitrogens is 2. The van der Waals surface area contributed by atoms with Crippen LogP contribution in [0.15, 0.2) is 29.3 Å². The number of amides is 1. The summed E-state index contributed by atoms with van der Waals surface area (Å²) < 4.78 is 11.1. The summed E-state index contributed by atoms with van der Waals surface area (Å²) >= 11 is 0. The van der Waals surface area contributed by atoms with Crippen molar-refractivity contribution in [3.63, 3.8) is 0 Å². The van der Waals surface area contributed by atoms with Crippen LogP contribution in [-0.4, -0.2) is 52.2 Å². The van der Waals surface area contributed by atoms with Gasteiger partial charge in [0.15, 0.2) is 11.5 Å². The number of guanidine groups is 1. The number of carbonyl (C=O) groups excluding carboxylic acids is 1. The molecule has 1 aromatic heterocycles. The number of carboxylic acids is 1. The first-order chi connectivity index (χ1) is 13.9. The van der Waals surface area contributed by atoms with Crippen LogP contribution < -0.4 is 19.7 Å². The number of rotatable bonds is 3. The molecule has 10 nitrogen and oxygen atoms in total. The Balaban J connectivity index is 1.81. The Morgan fingerprint density at radius 1 is 1.17 bits per heavy atom. The van der Waals surface area contributed by atoms with E-state index in [0.29, 0.717) is 41.8 Å². The van der Waals surface area contributed by atoms with Crippen molar-refractivity contribution in [1.82, 2.24) is 15.3 Å². The molecular formula is C19H19N5O5. The molecule has 150 valence electrons. The summed E-state index contributed by atoms with van der Waals surface area (Å²) in [6, 6.07) is 5.71. The number of fused-ring (bicyclic) bond motifs is 1. The van der Waals surface area contributed by atoms with Crippen molar-refractivity contribution in [3.05, 3.63) is 35.7 Å². The van der Waals surface area contributed by atoms with Crippen LogP contribution in [0.1, 0.15) is 17.8 Å². The van der Waals surface area contributed by atoms with Crippen molar-refractivity contribution in [3.8, 4) is 11.5 Å². The average Bonchev–Trinajstić information content (AvgIpc) is 2.66. The Morgan fingerprint density at radius 3 is 2.55 bits per heavy atom. The molecule has 0 saturated carbocycles.